The van der Waals surface area contributed by atoms with Crippen molar-refractivity contribution < 1.29 is 23.2 Å². The zero-order valence-electron chi connectivity index (χ0n) is 11.2. The van der Waals surface area contributed by atoms with Gasteiger partial charge in [-0.05, 0) is 12.1 Å². The highest BCUT2D eigenvalue weighted by atomic mass is 35.5. The molecule has 0 amide bonds. The van der Waals surface area contributed by atoms with Crippen molar-refractivity contribution in [3.63, 3.8) is 0 Å². The summed E-state index contributed by atoms with van der Waals surface area (Å²) in [4.78, 5) is 20.3. The molecule has 1 aromatic rings. The SMILES string of the molecule is CC(CN(C)S(=O)(=O)c1cc(Cl)ccc1[N+](=O)[O-])C(=O)O. The molecule has 0 aromatic heterocycles. The minimum atomic E-state index is -4.22. The number of carbonyl (C=O) groups is 1. The molecule has 10 heteroatoms. The van der Waals surface area contributed by atoms with Gasteiger partial charge in [-0.15, -0.1) is 0 Å². The third-order valence-corrected chi connectivity index (χ3v) is 4.85. The number of hydrogen-bond acceptors (Lipinski definition) is 5. The third-order valence-electron chi connectivity index (χ3n) is 2.76. The van der Waals surface area contributed by atoms with Crippen molar-refractivity contribution in [2.45, 2.75) is 11.8 Å². The van der Waals surface area contributed by atoms with Crippen molar-refractivity contribution in [1.29, 1.82) is 0 Å². The normalized spacial score (nSPS) is 13.1. The third kappa shape index (κ3) is 3.90. The molecular weight excluding hydrogens is 324 g/mol. The van der Waals surface area contributed by atoms with Gasteiger partial charge in [-0.3, -0.25) is 14.9 Å². The summed E-state index contributed by atoms with van der Waals surface area (Å²) in [5.41, 5.74) is -0.616. The summed E-state index contributed by atoms with van der Waals surface area (Å²) in [6.07, 6.45) is 0. The van der Waals surface area contributed by atoms with Crippen molar-refractivity contribution in [2.24, 2.45) is 5.92 Å². The fourth-order valence-electron chi connectivity index (χ4n) is 1.58. The van der Waals surface area contributed by atoms with Crippen LogP contribution in [0.2, 0.25) is 5.02 Å². The van der Waals surface area contributed by atoms with Crippen LogP contribution in [0.15, 0.2) is 23.1 Å². The Balaban J connectivity index is 3.27. The number of nitro groups is 1. The van der Waals surface area contributed by atoms with Gasteiger partial charge in [0.25, 0.3) is 5.69 Å². The summed E-state index contributed by atoms with van der Waals surface area (Å²) in [5, 5.41) is 19.7. The number of halogens is 1. The second-order valence-electron chi connectivity index (χ2n) is 4.39. The summed E-state index contributed by atoms with van der Waals surface area (Å²) in [5.74, 6) is -2.12. The minimum Gasteiger partial charge on any atom is -0.481 e. The second kappa shape index (κ2) is 6.37. The maximum atomic E-state index is 12.3. The molecule has 0 aliphatic carbocycles. The highest BCUT2D eigenvalue weighted by molar-refractivity contribution is 7.89. The van der Waals surface area contributed by atoms with E-state index in [1.807, 2.05) is 0 Å². The van der Waals surface area contributed by atoms with E-state index in [1.165, 1.54) is 13.0 Å². The molecule has 0 fully saturated rings. The van der Waals surface area contributed by atoms with Gasteiger partial charge < -0.3 is 5.11 Å². The van der Waals surface area contributed by atoms with Gasteiger partial charge in [0.05, 0.1) is 10.8 Å². The van der Waals surface area contributed by atoms with Crippen molar-refractivity contribution in [1.82, 2.24) is 4.31 Å². The van der Waals surface area contributed by atoms with E-state index in [0.717, 1.165) is 23.5 Å². The molecule has 1 rings (SSSR count). The number of rotatable bonds is 6. The molecular formula is C11H13ClN2O6S. The number of nitrogens with zero attached hydrogens (tertiary/aromatic N) is 2. The van der Waals surface area contributed by atoms with Crippen LogP contribution in [0.1, 0.15) is 6.92 Å². The average molecular weight is 337 g/mol. The summed E-state index contributed by atoms with van der Waals surface area (Å²) in [7, 11) is -3.07. The molecule has 1 aromatic carbocycles. The zero-order valence-corrected chi connectivity index (χ0v) is 12.8. The summed E-state index contributed by atoms with van der Waals surface area (Å²) < 4.78 is 25.4. The Morgan fingerprint density at radius 3 is 2.57 bits per heavy atom. The summed E-state index contributed by atoms with van der Waals surface area (Å²) in [6, 6.07) is 3.17. The number of carboxylic acid groups (broad SMARTS) is 1. The lowest BCUT2D eigenvalue weighted by atomic mass is 10.2. The van der Waals surface area contributed by atoms with Gasteiger partial charge >= 0.3 is 5.97 Å². The van der Waals surface area contributed by atoms with Gasteiger partial charge in [0, 0.05) is 24.7 Å². The van der Waals surface area contributed by atoms with Gasteiger partial charge in [-0.2, -0.15) is 4.31 Å². The predicted molar refractivity (Wildman–Crippen MR) is 74.7 cm³/mol. The van der Waals surface area contributed by atoms with Gasteiger partial charge in [0.1, 0.15) is 0 Å². The van der Waals surface area contributed by atoms with Crippen molar-refractivity contribution >= 4 is 33.3 Å². The highest BCUT2D eigenvalue weighted by Crippen LogP contribution is 2.29. The lowest BCUT2D eigenvalue weighted by Gasteiger charge is -2.19. The molecule has 8 nitrogen and oxygen atoms in total. The Labute approximate surface area is 126 Å². The van der Waals surface area contributed by atoms with E-state index < -0.39 is 37.4 Å². The largest absolute Gasteiger partial charge is 0.481 e. The summed E-state index contributed by atoms with van der Waals surface area (Å²) >= 11 is 5.69. The molecule has 0 spiro atoms. The van der Waals surface area contributed by atoms with Crippen LogP contribution in [-0.2, 0) is 14.8 Å². The average Bonchev–Trinajstić information content (AvgIpc) is 2.37. The van der Waals surface area contributed by atoms with E-state index in [4.69, 9.17) is 16.7 Å². The lowest BCUT2D eigenvalue weighted by molar-refractivity contribution is -0.387. The van der Waals surface area contributed by atoms with E-state index in [2.05, 4.69) is 0 Å². The minimum absolute atomic E-state index is 0.0267. The van der Waals surface area contributed by atoms with Gasteiger partial charge in [-0.25, -0.2) is 8.42 Å². The first-order valence-corrected chi connectivity index (χ1v) is 7.52. The quantitative estimate of drug-likeness (QED) is 0.622. The number of sulfonamides is 1. The molecule has 116 valence electrons. The molecule has 1 atom stereocenters. The summed E-state index contributed by atoms with van der Waals surface area (Å²) in [6.45, 7) is 1.02. The van der Waals surface area contributed by atoms with Crippen LogP contribution in [0.5, 0.6) is 0 Å². The Kier molecular flexibility index (Phi) is 5.26. The Morgan fingerprint density at radius 2 is 2.10 bits per heavy atom. The van der Waals surface area contributed by atoms with Crippen molar-refractivity contribution in [2.75, 3.05) is 13.6 Å². The van der Waals surface area contributed by atoms with E-state index in [0.29, 0.717) is 0 Å². The first-order valence-electron chi connectivity index (χ1n) is 5.70. The van der Waals surface area contributed by atoms with Gasteiger partial charge in [0.2, 0.25) is 10.0 Å². The molecule has 0 heterocycles. The Morgan fingerprint density at radius 1 is 1.52 bits per heavy atom. The smallest absolute Gasteiger partial charge is 0.307 e. The Bertz CT molecular complexity index is 675. The molecule has 0 saturated carbocycles. The van der Waals surface area contributed by atoms with Crippen LogP contribution in [0.4, 0.5) is 5.69 Å². The number of hydrogen-bond donors (Lipinski definition) is 1. The van der Waals surface area contributed by atoms with Gasteiger partial charge in [-0.1, -0.05) is 18.5 Å². The number of carboxylic acids is 1. The Hall–Kier alpha value is -1.71. The maximum absolute atomic E-state index is 12.3. The van der Waals surface area contributed by atoms with E-state index in [9.17, 15) is 23.3 Å². The van der Waals surface area contributed by atoms with Crippen LogP contribution in [0, 0.1) is 16.0 Å². The highest BCUT2D eigenvalue weighted by Gasteiger charge is 2.31. The van der Waals surface area contributed by atoms with Gasteiger partial charge in [0.15, 0.2) is 4.90 Å². The molecule has 0 bridgehead atoms. The van der Waals surface area contributed by atoms with E-state index in [1.54, 1.807) is 0 Å². The molecule has 0 aliphatic heterocycles. The van der Waals surface area contributed by atoms with E-state index in [-0.39, 0.29) is 11.6 Å². The number of nitro benzene ring substituents is 1. The van der Waals surface area contributed by atoms with Crippen molar-refractivity contribution in [3.05, 3.63) is 33.3 Å². The van der Waals surface area contributed by atoms with Crippen LogP contribution >= 0.6 is 11.6 Å². The van der Waals surface area contributed by atoms with E-state index >= 15 is 0 Å². The van der Waals surface area contributed by atoms with Crippen LogP contribution in [-0.4, -0.2) is 42.3 Å². The lowest BCUT2D eigenvalue weighted by Crippen LogP contribution is -2.34. The topological polar surface area (TPSA) is 118 Å². The molecule has 0 aliphatic rings. The standard InChI is InChI=1S/C11H13ClN2O6S/c1-7(11(15)16)6-13(2)21(19,20)10-5-8(12)3-4-9(10)14(17)18/h3-5,7H,6H2,1-2H3,(H,15,16). The number of benzene rings is 1. The molecule has 1 N–H and O–H groups in total. The first-order chi connectivity index (χ1) is 9.57. The first kappa shape index (κ1) is 17.3. The fraction of sp³-hybridized carbons (Fsp3) is 0.364. The fourth-order valence-corrected chi connectivity index (χ4v) is 3.25. The molecule has 1 unspecified atom stereocenters. The second-order valence-corrected chi connectivity index (χ2v) is 6.84. The predicted octanol–water partition coefficient (Wildman–Crippen LogP) is 1.59. The monoisotopic (exact) mass is 336 g/mol. The zero-order chi connectivity index (χ0) is 16.4. The van der Waals surface area contributed by atoms with Crippen molar-refractivity contribution in [3.8, 4) is 0 Å². The van der Waals surface area contributed by atoms with Crippen LogP contribution in [0.25, 0.3) is 0 Å². The number of aliphatic carboxylic acids is 1. The molecule has 21 heavy (non-hydrogen) atoms. The molecule has 0 saturated heterocycles. The van der Waals surface area contributed by atoms with Crippen LogP contribution < -0.4 is 0 Å². The maximum Gasteiger partial charge on any atom is 0.307 e. The van der Waals surface area contributed by atoms with Crippen LogP contribution in [0.3, 0.4) is 0 Å². The molecule has 0 radical (unpaired) electrons.